The average molecular weight is 253 g/mol. The Kier molecular flexibility index (Phi) is 4.06. The second kappa shape index (κ2) is 5.75. The third-order valence-electron chi connectivity index (χ3n) is 2.24. The van der Waals surface area contributed by atoms with Crippen LogP contribution < -0.4 is 5.32 Å². The number of alkyl halides is 1. The third kappa shape index (κ3) is 3.01. The maximum atomic E-state index is 5.82. The van der Waals surface area contributed by atoms with Gasteiger partial charge in [-0.3, -0.25) is 4.98 Å². The van der Waals surface area contributed by atoms with E-state index in [0.29, 0.717) is 18.1 Å². The van der Waals surface area contributed by atoms with Crippen LogP contribution in [-0.4, -0.2) is 40.6 Å². The minimum absolute atomic E-state index is 0.0308. The van der Waals surface area contributed by atoms with Gasteiger partial charge in [-0.05, 0) is 12.1 Å². The normalized spacial score (nSPS) is 12.6. The van der Waals surface area contributed by atoms with E-state index in [4.69, 9.17) is 16.3 Å². The standard InChI is InChI=1S/C11H13ClN4O/c1-17-7-8(6-12)15-10-3-2-9-11(16-10)14-5-4-13-9/h2-5,8H,6-7H2,1H3,(H,14,15,16). The van der Waals surface area contributed by atoms with E-state index in [-0.39, 0.29) is 6.04 Å². The molecule has 1 atom stereocenters. The molecule has 0 amide bonds. The zero-order valence-electron chi connectivity index (χ0n) is 9.43. The fraction of sp³-hybridized carbons (Fsp3) is 0.364. The summed E-state index contributed by atoms with van der Waals surface area (Å²) in [6.07, 6.45) is 3.26. The van der Waals surface area contributed by atoms with E-state index in [1.165, 1.54) is 0 Å². The molecule has 0 radical (unpaired) electrons. The molecule has 6 heteroatoms. The quantitative estimate of drug-likeness (QED) is 0.821. The Balaban J connectivity index is 2.18. The largest absolute Gasteiger partial charge is 0.383 e. The van der Waals surface area contributed by atoms with Crippen LogP contribution >= 0.6 is 11.6 Å². The van der Waals surface area contributed by atoms with Crippen LogP contribution in [0.3, 0.4) is 0 Å². The number of anilines is 1. The second-order valence-electron chi connectivity index (χ2n) is 3.55. The molecule has 0 bridgehead atoms. The first-order valence-electron chi connectivity index (χ1n) is 5.22. The van der Waals surface area contributed by atoms with E-state index < -0.39 is 0 Å². The lowest BCUT2D eigenvalue weighted by atomic mass is 10.3. The van der Waals surface area contributed by atoms with Gasteiger partial charge in [-0.15, -0.1) is 11.6 Å². The topological polar surface area (TPSA) is 59.9 Å². The lowest BCUT2D eigenvalue weighted by Gasteiger charge is -2.15. The molecule has 1 unspecified atom stereocenters. The molecule has 2 rings (SSSR count). The van der Waals surface area contributed by atoms with Crippen molar-refractivity contribution in [1.29, 1.82) is 0 Å². The van der Waals surface area contributed by atoms with E-state index in [0.717, 1.165) is 11.3 Å². The van der Waals surface area contributed by atoms with Crippen molar-refractivity contribution in [2.24, 2.45) is 0 Å². The first-order chi connectivity index (χ1) is 8.33. The zero-order chi connectivity index (χ0) is 12.1. The van der Waals surface area contributed by atoms with Gasteiger partial charge in [0.15, 0.2) is 5.65 Å². The number of halogens is 1. The van der Waals surface area contributed by atoms with E-state index in [1.54, 1.807) is 19.5 Å². The van der Waals surface area contributed by atoms with Crippen LogP contribution in [0.2, 0.25) is 0 Å². The van der Waals surface area contributed by atoms with Crippen LogP contribution in [0.15, 0.2) is 24.5 Å². The molecule has 1 N–H and O–H groups in total. The van der Waals surface area contributed by atoms with Gasteiger partial charge in [0.25, 0.3) is 0 Å². The monoisotopic (exact) mass is 252 g/mol. The molecule has 0 aliphatic carbocycles. The van der Waals surface area contributed by atoms with Crippen LogP contribution in [-0.2, 0) is 4.74 Å². The minimum atomic E-state index is 0.0308. The molecule has 0 aliphatic heterocycles. The molecule has 0 saturated heterocycles. The van der Waals surface area contributed by atoms with E-state index in [9.17, 15) is 0 Å². The first kappa shape index (κ1) is 12.0. The van der Waals surface area contributed by atoms with Crippen molar-refractivity contribution in [2.75, 3.05) is 24.9 Å². The molecule has 0 fully saturated rings. The molecule has 2 aromatic rings. The summed E-state index contributed by atoms with van der Waals surface area (Å²) in [6, 6.07) is 3.76. The number of nitrogens with zero attached hydrogens (tertiary/aromatic N) is 3. The lowest BCUT2D eigenvalue weighted by Crippen LogP contribution is -2.27. The number of hydrogen-bond acceptors (Lipinski definition) is 5. The van der Waals surface area contributed by atoms with Crippen LogP contribution in [0.25, 0.3) is 11.2 Å². The number of fused-ring (bicyclic) bond motifs is 1. The molecule has 5 nitrogen and oxygen atoms in total. The highest BCUT2D eigenvalue weighted by atomic mass is 35.5. The predicted molar refractivity (Wildman–Crippen MR) is 67.3 cm³/mol. The summed E-state index contributed by atoms with van der Waals surface area (Å²) in [6.45, 7) is 0.531. The van der Waals surface area contributed by atoms with Crippen LogP contribution in [0.4, 0.5) is 5.82 Å². The summed E-state index contributed by atoms with van der Waals surface area (Å²) in [4.78, 5) is 12.6. The average Bonchev–Trinajstić information content (AvgIpc) is 2.38. The summed E-state index contributed by atoms with van der Waals surface area (Å²) in [5, 5.41) is 3.19. The maximum absolute atomic E-state index is 5.82. The number of ether oxygens (including phenoxy) is 1. The third-order valence-corrected chi connectivity index (χ3v) is 2.61. The molecule has 0 saturated carbocycles. The van der Waals surface area contributed by atoms with Gasteiger partial charge in [0.05, 0.1) is 12.6 Å². The maximum Gasteiger partial charge on any atom is 0.180 e. The number of methoxy groups -OCH3 is 1. The molecular weight excluding hydrogens is 240 g/mol. The highest BCUT2D eigenvalue weighted by Crippen LogP contribution is 2.11. The molecule has 2 heterocycles. The number of rotatable bonds is 5. The summed E-state index contributed by atoms with van der Waals surface area (Å²) in [5.74, 6) is 1.18. The van der Waals surface area contributed by atoms with Crippen molar-refractivity contribution in [3.63, 3.8) is 0 Å². The molecule has 2 aromatic heterocycles. The fourth-order valence-electron chi connectivity index (χ4n) is 1.47. The van der Waals surface area contributed by atoms with Gasteiger partial charge in [0.2, 0.25) is 0 Å². The Bertz CT molecular complexity index is 494. The van der Waals surface area contributed by atoms with Gasteiger partial charge < -0.3 is 10.1 Å². The van der Waals surface area contributed by atoms with E-state index >= 15 is 0 Å². The highest BCUT2D eigenvalue weighted by Gasteiger charge is 2.08. The zero-order valence-corrected chi connectivity index (χ0v) is 10.2. The van der Waals surface area contributed by atoms with Gasteiger partial charge in [0.1, 0.15) is 11.3 Å². The van der Waals surface area contributed by atoms with Crippen molar-refractivity contribution in [1.82, 2.24) is 15.0 Å². The van der Waals surface area contributed by atoms with Gasteiger partial charge in [-0.2, -0.15) is 0 Å². The summed E-state index contributed by atoms with van der Waals surface area (Å²) >= 11 is 5.82. The molecule has 0 aromatic carbocycles. The molecule has 90 valence electrons. The minimum Gasteiger partial charge on any atom is -0.383 e. The number of nitrogens with one attached hydrogen (secondary N) is 1. The molecular formula is C11H13ClN4O. The Morgan fingerprint density at radius 1 is 1.35 bits per heavy atom. The summed E-state index contributed by atoms with van der Waals surface area (Å²) in [5.41, 5.74) is 1.38. The van der Waals surface area contributed by atoms with Gasteiger partial charge in [-0.1, -0.05) is 0 Å². The van der Waals surface area contributed by atoms with Crippen LogP contribution in [0.1, 0.15) is 0 Å². The van der Waals surface area contributed by atoms with E-state index in [2.05, 4.69) is 20.3 Å². The number of aromatic nitrogens is 3. The summed E-state index contributed by atoms with van der Waals surface area (Å²) in [7, 11) is 1.64. The van der Waals surface area contributed by atoms with Crippen molar-refractivity contribution >= 4 is 28.6 Å². The number of hydrogen-bond donors (Lipinski definition) is 1. The number of pyridine rings is 1. The van der Waals surface area contributed by atoms with Crippen molar-refractivity contribution < 1.29 is 4.74 Å². The highest BCUT2D eigenvalue weighted by molar-refractivity contribution is 6.18. The fourth-order valence-corrected chi connectivity index (χ4v) is 1.64. The predicted octanol–water partition coefficient (Wildman–Crippen LogP) is 1.69. The van der Waals surface area contributed by atoms with Gasteiger partial charge in [-0.25, -0.2) is 9.97 Å². The Morgan fingerprint density at radius 3 is 2.94 bits per heavy atom. The second-order valence-corrected chi connectivity index (χ2v) is 3.86. The first-order valence-corrected chi connectivity index (χ1v) is 5.76. The van der Waals surface area contributed by atoms with Crippen molar-refractivity contribution in [3.8, 4) is 0 Å². The SMILES string of the molecule is COCC(CCl)Nc1ccc2nccnc2n1. The van der Waals surface area contributed by atoms with Crippen molar-refractivity contribution in [3.05, 3.63) is 24.5 Å². The van der Waals surface area contributed by atoms with Crippen LogP contribution in [0.5, 0.6) is 0 Å². The Hall–Kier alpha value is -1.46. The molecule has 0 spiro atoms. The molecule has 17 heavy (non-hydrogen) atoms. The van der Waals surface area contributed by atoms with Crippen molar-refractivity contribution in [2.45, 2.75) is 6.04 Å². The van der Waals surface area contributed by atoms with Gasteiger partial charge in [0, 0.05) is 25.4 Å². The Labute approximate surface area is 104 Å². The lowest BCUT2D eigenvalue weighted by molar-refractivity contribution is 0.191. The smallest absolute Gasteiger partial charge is 0.180 e. The summed E-state index contributed by atoms with van der Waals surface area (Å²) < 4.78 is 5.05. The van der Waals surface area contributed by atoms with Crippen LogP contribution in [0, 0.1) is 0 Å². The van der Waals surface area contributed by atoms with E-state index in [1.807, 2.05) is 12.1 Å². The molecule has 0 aliphatic rings. The van der Waals surface area contributed by atoms with Gasteiger partial charge >= 0.3 is 0 Å². The Morgan fingerprint density at radius 2 is 2.18 bits per heavy atom.